The van der Waals surface area contributed by atoms with E-state index in [-0.39, 0.29) is 5.92 Å². The lowest BCUT2D eigenvalue weighted by Crippen LogP contribution is -2.31. The van der Waals surface area contributed by atoms with E-state index in [9.17, 15) is 19.8 Å². The van der Waals surface area contributed by atoms with Crippen molar-refractivity contribution in [2.24, 2.45) is 17.8 Å². The van der Waals surface area contributed by atoms with Crippen LogP contribution in [0.25, 0.3) is 0 Å². The summed E-state index contributed by atoms with van der Waals surface area (Å²) in [7, 11) is 0. The van der Waals surface area contributed by atoms with Crippen LogP contribution in [-0.4, -0.2) is 22.2 Å². The van der Waals surface area contributed by atoms with E-state index in [1.807, 2.05) is 6.92 Å². The molecule has 0 aliphatic heterocycles. The molecule has 0 fully saturated rings. The van der Waals surface area contributed by atoms with E-state index in [2.05, 4.69) is 13.8 Å². The Bertz CT molecular complexity index is 327. The summed E-state index contributed by atoms with van der Waals surface area (Å²) in [5.41, 5.74) is 0. The smallest absolute Gasteiger partial charge is 0.318 e. The zero-order valence-electron chi connectivity index (χ0n) is 15.9. The summed E-state index contributed by atoms with van der Waals surface area (Å²) in [4.78, 5) is 22.5. The fraction of sp³-hybridized carbons (Fsp3) is 0.900. The molecule has 0 heterocycles. The molecule has 2 N–H and O–H groups in total. The Kier molecular flexibility index (Phi) is 13.7. The van der Waals surface area contributed by atoms with Crippen LogP contribution in [0.3, 0.4) is 0 Å². The number of hydrogen-bond donors (Lipinski definition) is 2. The first-order chi connectivity index (χ1) is 11.4. The van der Waals surface area contributed by atoms with E-state index in [0.717, 1.165) is 31.6 Å². The van der Waals surface area contributed by atoms with Crippen LogP contribution in [0.5, 0.6) is 0 Å². The molecule has 4 heteroatoms. The zero-order valence-corrected chi connectivity index (χ0v) is 15.9. The van der Waals surface area contributed by atoms with E-state index in [1.54, 1.807) is 0 Å². The molecule has 0 aliphatic carbocycles. The second kappa shape index (κ2) is 14.3. The molecular formula is C20H38O4. The topological polar surface area (TPSA) is 74.6 Å². The molecule has 142 valence electrons. The number of hydrogen-bond acceptors (Lipinski definition) is 2. The molecule has 0 aromatic carbocycles. The van der Waals surface area contributed by atoms with Crippen molar-refractivity contribution in [3.05, 3.63) is 0 Å². The minimum absolute atomic E-state index is 0.233. The molecule has 0 aliphatic rings. The molecule has 24 heavy (non-hydrogen) atoms. The molecule has 0 saturated carbocycles. The molecule has 0 saturated heterocycles. The SMILES string of the molecule is CCCCC(C)CCCCCCC(CCCC)C(C(=O)O)C(=O)O. The van der Waals surface area contributed by atoms with Gasteiger partial charge in [-0.25, -0.2) is 0 Å². The van der Waals surface area contributed by atoms with E-state index in [0.29, 0.717) is 12.8 Å². The molecule has 2 unspecified atom stereocenters. The van der Waals surface area contributed by atoms with Crippen LogP contribution in [-0.2, 0) is 9.59 Å². The van der Waals surface area contributed by atoms with Gasteiger partial charge >= 0.3 is 11.9 Å². The molecule has 0 spiro atoms. The lowest BCUT2D eigenvalue weighted by Gasteiger charge is -2.20. The number of unbranched alkanes of at least 4 members (excludes halogenated alkanes) is 5. The van der Waals surface area contributed by atoms with E-state index < -0.39 is 17.9 Å². The van der Waals surface area contributed by atoms with Gasteiger partial charge in [0.25, 0.3) is 0 Å². The molecule has 0 aromatic heterocycles. The third-order valence-electron chi connectivity index (χ3n) is 5.00. The van der Waals surface area contributed by atoms with Crippen LogP contribution in [0.2, 0.25) is 0 Å². The Labute approximate surface area is 148 Å². The predicted molar refractivity (Wildman–Crippen MR) is 98.2 cm³/mol. The maximum absolute atomic E-state index is 11.3. The second-order valence-corrected chi connectivity index (χ2v) is 7.30. The Morgan fingerprint density at radius 2 is 1.12 bits per heavy atom. The maximum atomic E-state index is 11.3. The third-order valence-corrected chi connectivity index (χ3v) is 5.00. The minimum Gasteiger partial charge on any atom is -0.481 e. The minimum atomic E-state index is -1.24. The summed E-state index contributed by atoms with van der Waals surface area (Å²) < 4.78 is 0. The van der Waals surface area contributed by atoms with Crippen LogP contribution >= 0.6 is 0 Å². The standard InChI is InChI=1S/C20H38O4/c1-4-6-12-16(3)13-10-8-9-11-15-17(14-7-5-2)18(19(21)22)20(23)24/h16-18H,4-15H2,1-3H3,(H,21,22)(H,23,24). The maximum Gasteiger partial charge on any atom is 0.318 e. The first-order valence-electron chi connectivity index (χ1n) is 9.89. The monoisotopic (exact) mass is 342 g/mol. The van der Waals surface area contributed by atoms with Crippen molar-refractivity contribution in [2.75, 3.05) is 0 Å². The average molecular weight is 343 g/mol. The molecule has 0 aromatic rings. The number of carboxylic acids is 2. The summed E-state index contributed by atoms with van der Waals surface area (Å²) in [5.74, 6) is -3.05. The van der Waals surface area contributed by atoms with Gasteiger partial charge < -0.3 is 10.2 Å². The first-order valence-corrected chi connectivity index (χ1v) is 9.89. The van der Waals surface area contributed by atoms with Gasteiger partial charge in [0.2, 0.25) is 0 Å². The fourth-order valence-corrected chi connectivity index (χ4v) is 3.40. The van der Waals surface area contributed by atoms with Crippen molar-refractivity contribution < 1.29 is 19.8 Å². The predicted octanol–water partition coefficient (Wildman–Crippen LogP) is 5.75. The van der Waals surface area contributed by atoms with Crippen molar-refractivity contribution >= 4 is 11.9 Å². The van der Waals surface area contributed by atoms with Gasteiger partial charge in [0.1, 0.15) is 0 Å². The molecular weight excluding hydrogens is 304 g/mol. The summed E-state index contributed by atoms with van der Waals surface area (Å²) in [6, 6.07) is 0. The Morgan fingerprint density at radius 1 is 0.708 bits per heavy atom. The van der Waals surface area contributed by atoms with Crippen LogP contribution in [0, 0.1) is 17.8 Å². The highest BCUT2D eigenvalue weighted by Gasteiger charge is 2.33. The van der Waals surface area contributed by atoms with Crippen molar-refractivity contribution in [3.63, 3.8) is 0 Å². The van der Waals surface area contributed by atoms with Crippen LogP contribution in [0.1, 0.15) is 97.8 Å². The molecule has 0 bridgehead atoms. The lowest BCUT2D eigenvalue weighted by molar-refractivity contribution is -0.157. The van der Waals surface area contributed by atoms with Gasteiger partial charge in [-0.15, -0.1) is 0 Å². The quantitative estimate of drug-likeness (QED) is 0.277. The number of aliphatic carboxylic acids is 2. The van der Waals surface area contributed by atoms with Gasteiger partial charge in [-0.1, -0.05) is 85.0 Å². The average Bonchev–Trinajstić information content (AvgIpc) is 2.52. The summed E-state index contributed by atoms with van der Waals surface area (Å²) >= 11 is 0. The van der Waals surface area contributed by atoms with Crippen molar-refractivity contribution in [3.8, 4) is 0 Å². The summed E-state index contributed by atoms with van der Waals surface area (Å²) in [5, 5.41) is 18.4. The van der Waals surface area contributed by atoms with Gasteiger partial charge in [-0.2, -0.15) is 0 Å². The van der Waals surface area contributed by atoms with Crippen molar-refractivity contribution in [1.29, 1.82) is 0 Å². The summed E-state index contributed by atoms with van der Waals surface area (Å²) in [6.45, 7) is 6.59. The van der Waals surface area contributed by atoms with E-state index >= 15 is 0 Å². The van der Waals surface area contributed by atoms with Crippen molar-refractivity contribution in [2.45, 2.75) is 97.8 Å². The summed E-state index contributed by atoms with van der Waals surface area (Å²) in [6.07, 6.45) is 12.9. The Hall–Kier alpha value is -1.06. The van der Waals surface area contributed by atoms with Gasteiger partial charge in [-0.05, 0) is 24.7 Å². The van der Waals surface area contributed by atoms with E-state index in [1.165, 1.54) is 38.5 Å². The molecule has 0 radical (unpaired) electrons. The highest BCUT2D eigenvalue weighted by atomic mass is 16.4. The van der Waals surface area contributed by atoms with Crippen LogP contribution in [0.15, 0.2) is 0 Å². The van der Waals surface area contributed by atoms with Gasteiger partial charge in [0.15, 0.2) is 5.92 Å². The number of carbonyl (C=O) groups is 2. The third kappa shape index (κ3) is 10.7. The van der Waals surface area contributed by atoms with Gasteiger partial charge in [0, 0.05) is 0 Å². The Balaban J connectivity index is 4.10. The normalized spacial score (nSPS) is 13.8. The number of rotatable bonds is 16. The largest absolute Gasteiger partial charge is 0.481 e. The number of carboxylic acid groups (broad SMARTS) is 2. The second-order valence-electron chi connectivity index (χ2n) is 7.30. The first kappa shape index (κ1) is 22.9. The van der Waals surface area contributed by atoms with Gasteiger partial charge in [0.05, 0.1) is 0 Å². The van der Waals surface area contributed by atoms with Crippen molar-refractivity contribution in [1.82, 2.24) is 0 Å². The zero-order chi connectivity index (χ0) is 18.4. The molecule has 0 rings (SSSR count). The highest BCUT2D eigenvalue weighted by molar-refractivity contribution is 5.93. The highest BCUT2D eigenvalue weighted by Crippen LogP contribution is 2.26. The van der Waals surface area contributed by atoms with Crippen LogP contribution in [0.4, 0.5) is 0 Å². The van der Waals surface area contributed by atoms with E-state index in [4.69, 9.17) is 0 Å². The lowest BCUT2D eigenvalue weighted by atomic mass is 9.83. The van der Waals surface area contributed by atoms with Crippen LogP contribution < -0.4 is 0 Å². The molecule has 2 atom stereocenters. The molecule has 0 amide bonds. The fourth-order valence-electron chi connectivity index (χ4n) is 3.40. The molecule has 4 nitrogen and oxygen atoms in total. The Morgan fingerprint density at radius 3 is 1.62 bits per heavy atom. The van der Waals surface area contributed by atoms with Gasteiger partial charge in [-0.3, -0.25) is 9.59 Å².